The third kappa shape index (κ3) is 9.91. The van der Waals surface area contributed by atoms with Crippen LogP contribution in [0.3, 0.4) is 0 Å². The predicted molar refractivity (Wildman–Crippen MR) is 171 cm³/mol. The van der Waals surface area contributed by atoms with Crippen LogP contribution in [-0.4, -0.2) is 81.7 Å². The monoisotopic (exact) mass is 656 g/mol. The molecule has 0 aliphatic carbocycles. The van der Waals surface area contributed by atoms with Gasteiger partial charge in [-0.1, -0.05) is 51.1 Å². The molecule has 1 heterocycles. The number of aliphatic hydroxyl groups excluding tert-OH is 1. The second kappa shape index (κ2) is 16.3. The molecule has 0 spiro atoms. The molecule has 12 nitrogen and oxygen atoms in total. The Bertz CT molecular complexity index is 1560. The molecule has 254 valence electrons. The number of hydrogen-bond donors (Lipinski definition) is 6. The third-order valence-electron chi connectivity index (χ3n) is 7.55. The largest absolute Gasteiger partial charge is 0.480 e. The van der Waals surface area contributed by atoms with Gasteiger partial charge in [0.15, 0.2) is 0 Å². The van der Waals surface area contributed by atoms with Gasteiger partial charge in [0.2, 0.25) is 17.7 Å². The highest BCUT2D eigenvalue weighted by Crippen LogP contribution is 2.41. The van der Waals surface area contributed by atoms with E-state index in [1.807, 2.05) is 55.7 Å². The number of carboxylic acids is 1. The van der Waals surface area contributed by atoms with E-state index >= 15 is 0 Å². The number of aliphatic carboxylic acids is 1. The number of carboxylic acid groups (broad SMARTS) is 1. The number of aliphatic hydroxyl groups is 1. The molecule has 0 radical (unpaired) electrons. The van der Waals surface area contributed by atoms with Crippen LogP contribution in [0.2, 0.25) is 0 Å². The summed E-state index contributed by atoms with van der Waals surface area (Å²) >= 11 is 0. The van der Waals surface area contributed by atoms with Crippen molar-refractivity contribution in [3.05, 3.63) is 83.7 Å². The fourth-order valence-corrected chi connectivity index (χ4v) is 5.28. The first-order valence-electron chi connectivity index (χ1n) is 15.0. The number of benzene rings is 2. The van der Waals surface area contributed by atoms with Gasteiger partial charge in [-0.25, -0.2) is 13.6 Å². The Morgan fingerprint density at radius 3 is 2.32 bits per heavy atom. The maximum absolute atomic E-state index is 14.9. The molecule has 0 saturated carbocycles. The van der Waals surface area contributed by atoms with Gasteiger partial charge in [0, 0.05) is 42.7 Å². The molecule has 14 heteroatoms. The van der Waals surface area contributed by atoms with Gasteiger partial charge >= 0.3 is 5.97 Å². The molecule has 3 atom stereocenters. The smallest absolute Gasteiger partial charge is 0.328 e. The quantitative estimate of drug-likeness (QED) is 0.142. The molecule has 8 N–H and O–H groups in total. The molecule has 1 aromatic heterocycles. The lowest BCUT2D eigenvalue weighted by Crippen LogP contribution is -2.54. The van der Waals surface area contributed by atoms with E-state index in [0.29, 0.717) is 17.8 Å². The molecule has 0 saturated heterocycles. The van der Waals surface area contributed by atoms with Crippen LogP contribution in [0.1, 0.15) is 44.5 Å². The van der Waals surface area contributed by atoms with Gasteiger partial charge in [-0.2, -0.15) is 0 Å². The first-order valence-corrected chi connectivity index (χ1v) is 15.0. The number of hydrogen-bond acceptors (Lipinski definition) is 7. The average Bonchev–Trinajstić information content (AvgIpc) is 3.43. The standard InChI is InChI=1S/C33H42F2N6O6/c1-33(2,3)30(41(29(44)19-42)12-11-25(37)31(45)39-26(32(46)47)16-38-28(43)15-36)27-13-21(23-14-22(34)9-10-24(23)35)18-40(27)17-20-7-5-4-6-8-20/h4-10,13-14,18,25-26,30,42H,11-12,15-17,19,36-37H2,1-3H3,(H,38,43)(H,39,45)(H,46,47). The fourth-order valence-electron chi connectivity index (χ4n) is 5.28. The second-order valence-corrected chi connectivity index (χ2v) is 12.2. The van der Waals surface area contributed by atoms with Crippen LogP contribution in [0.15, 0.2) is 60.8 Å². The van der Waals surface area contributed by atoms with Crippen molar-refractivity contribution >= 4 is 23.7 Å². The average molecular weight is 657 g/mol. The molecule has 0 bridgehead atoms. The summed E-state index contributed by atoms with van der Waals surface area (Å²) in [5.74, 6) is -4.78. The van der Waals surface area contributed by atoms with Gasteiger partial charge in [0.25, 0.3) is 0 Å². The maximum atomic E-state index is 14.9. The number of rotatable bonds is 15. The summed E-state index contributed by atoms with van der Waals surface area (Å²) in [6, 6.07) is 10.7. The Morgan fingerprint density at radius 1 is 1.04 bits per heavy atom. The van der Waals surface area contributed by atoms with E-state index in [9.17, 15) is 38.2 Å². The first kappa shape index (κ1) is 36.8. The molecule has 3 rings (SSSR count). The number of halogens is 2. The minimum atomic E-state index is -1.48. The van der Waals surface area contributed by atoms with Gasteiger partial charge < -0.3 is 41.8 Å². The van der Waals surface area contributed by atoms with Gasteiger partial charge in [-0.3, -0.25) is 14.4 Å². The molecule has 3 aromatic rings. The molecule has 0 aliphatic heterocycles. The van der Waals surface area contributed by atoms with E-state index in [4.69, 9.17) is 11.5 Å². The van der Waals surface area contributed by atoms with Crippen molar-refractivity contribution in [1.82, 2.24) is 20.1 Å². The van der Waals surface area contributed by atoms with E-state index in [1.165, 1.54) is 4.90 Å². The van der Waals surface area contributed by atoms with Crippen molar-refractivity contribution in [2.24, 2.45) is 16.9 Å². The summed E-state index contributed by atoms with van der Waals surface area (Å²) in [7, 11) is 0. The number of amides is 3. The SMILES string of the molecule is CC(C)(C)C(c1cc(-c2cc(F)ccc2F)cn1Cc1ccccc1)N(CCC(N)C(=O)NC(CNC(=O)CN)C(=O)O)C(=O)CO. The van der Waals surface area contributed by atoms with E-state index in [-0.39, 0.29) is 25.1 Å². The lowest BCUT2D eigenvalue weighted by atomic mass is 9.82. The number of carbonyl (C=O) groups is 4. The van der Waals surface area contributed by atoms with E-state index < -0.39 is 72.0 Å². The van der Waals surface area contributed by atoms with E-state index in [1.54, 1.807) is 12.3 Å². The Balaban J connectivity index is 1.99. The minimum absolute atomic E-state index is 0.0279. The molecule has 2 aromatic carbocycles. The lowest BCUT2D eigenvalue weighted by Gasteiger charge is -2.41. The Morgan fingerprint density at radius 2 is 1.72 bits per heavy atom. The first-order chi connectivity index (χ1) is 22.2. The molecule has 0 fully saturated rings. The highest BCUT2D eigenvalue weighted by Gasteiger charge is 2.37. The third-order valence-corrected chi connectivity index (χ3v) is 7.55. The Kier molecular flexibility index (Phi) is 12.7. The number of nitrogens with two attached hydrogens (primary N) is 2. The minimum Gasteiger partial charge on any atom is -0.480 e. The van der Waals surface area contributed by atoms with Crippen LogP contribution in [-0.2, 0) is 25.7 Å². The molecule has 3 unspecified atom stereocenters. The van der Waals surface area contributed by atoms with Crippen molar-refractivity contribution in [2.75, 3.05) is 26.2 Å². The summed E-state index contributed by atoms with van der Waals surface area (Å²) in [6.07, 6.45) is 1.55. The molecule has 3 amide bonds. The number of carbonyl (C=O) groups excluding carboxylic acids is 3. The number of nitrogens with zero attached hydrogens (tertiary/aromatic N) is 2. The van der Waals surface area contributed by atoms with Crippen LogP contribution < -0.4 is 22.1 Å². The number of aromatic nitrogens is 1. The summed E-state index contributed by atoms with van der Waals surface area (Å²) < 4.78 is 31.0. The summed E-state index contributed by atoms with van der Waals surface area (Å²) in [5.41, 5.74) is 12.5. The van der Waals surface area contributed by atoms with Crippen LogP contribution in [0.4, 0.5) is 8.78 Å². The fraction of sp³-hybridized carbons (Fsp3) is 0.394. The zero-order chi connectivity index (χ0) is 34.9. The summed E-state index contributed by atoms with van der Waals surface area (Å²) in [5, 5.41) is 24.1. The summed E-state index contributed by atoms with van der Waals surface area (Å²) in [6.45, 7) is 4.17. The van der Waals surface area contributed by atoms with Crippen molar-refractivity contribution in [3.63, 3.8) is 0 Å². The normalized spacial score (nSPS) is 13.4. The van der Waals surface area contributed by atoms with Gasteiger partial charge in [-0.15, -0.1) is 0 Å². The number of nitrogens with one attached hydrogen (secondary N) is 2. The highest BCUT2D eigenvalue weighted by atomic mass is 19.1. The van der Waals surface area contributed by atoms with E-state index in [0.717, 1.165) is 23.8 Å². The lowest BCUT2D eigenvalue weighted by molar-refractivity contribution is -0.142. The van der Waals surface area contributed by atoms with Crippen molar-refractivity contribution < 1.29 is 38.2 Å². The maximum Gasteiger partial charge on any atom is 0.328 e. The highest BCUT2D eigenvalue weighted by molar-refractivity contribution is 5.87. The second-order valence-electron chi connectivity index (χ2n) is 12.2. The zero-order valence-electron chi connectivity index (χ0n) is 26.6. The van der Waals surface area contributed by atoms with Crippen molar-refractivity contribution in [3.8, 4) is 11.1 Å². The predicted octanol–water partition coefficient (Wildman–Crippen LogP) is 1.75. The van der Waals surface area contributed by atoms with Gasteiger partial charge in [-0.05, 0) is 41.7 Å². The van der Waals surface area contributed by atoms with Gasteiger partial charge in [0.05, 0.1) is 18.6 Å². The van der Waals surface area contributed by atoms with Gasteiger partial charge in [0.1, 0.15) is 24.3 Å². The van der Waals surface area contributed by atoms with Crippen LogP contribution >= 0.6 is 0 Å². The molecule has 0 aliphatic rings. The van der Waals surface area contributed by atoms with Crippen molar-refractivity contribution in [1.29, 1.82) is 0 Å². The Hall–Kier alpha value is -4.66. The molecular weight excluding hydrogens is 614 g/mol. The summed E-state index contributed by atoms with van der Waals surface area (Å²) in [4.78, 5) is 50.7. The molecular formula is C33H42F2N6O6. The van der Waals surface area contributed by atoms with Crippen molar-refractivity contribution in [2.45, 2.75) is 51.9 Å². The zero-order valence-corrected chi connectivity index (χ0v) is 26.6. The van der Waals surface area contributed by atoms with E-state index in [2.05, 4.69) is 10.6 Å². The van der Waals surface area contributed by atoms with Crippen LogP contribution in [0, 0.1) is 17.0 Å². The molecule has 47 heavy (non-hydrogen) atoms. The van der Waals surface area contributed by atoms with Crippen LogP contribution in [0.5, 0.6) is 0 Å². The topological polar surface area (TPSA) is 193 Å². The Labute approximate surface area is 271 Å². The van der Waals surface area contributed by atoms with Crippen LogP contribution in [0.25, 0.3) is 11.1 Å².